The standard InChI is InChI=1S/C32H34ClN3O4/c1-31(2)29(32(3,4)30(31)40-24-10-9-22(16-34)26(33)15-24)36-19-23-14-20(8-11-25(23)28(36)39)6-5-7-21-17-35(18-21)13-12-27(37)38/h8-11,14-15,21,29-30H,7,12-13,17-19H2,1-4H3,(H,37,38). The first-order chi connectivity index (χ1) is 18.9. The second-order valence-electron chi connectivity index (χ2n) is 12.4. The molecule has 8 heteroatoms. The maximum atomic E-state index is 13.5. The number of benzene rings is 2. The summed E-state index contributed by atoms with van der Waals surface area (Å²) in [6.07, 6.45) is 0.804. The van der Waals surface area contributed by atoms with Crippen LogP contribution in [0, 0.1) is 39.9 Å². The number of hydrogen-bond donors (Lipinski definition) is 1. The molecule has 1 N–H and O–H groups in total. The van der Waals surface area contributed by atoms with E-state index in [-0.39, 0.29) is 35.3 Å². The zero-order valence-corrected chi connectivity index (χ0v) is 24.1. The topological polar surface area (TPSA) is 93.9 Å². The minimum Gasteiger partial charge on any atom is -0.489 e. The highest BCUT2D eigenvalue weighted by atomic mass is 35.5. The highest BCUT2D eigenvalue weighted by Gasteiger charge is 2.66. The summed E-state index contributed by atoms with van der Waals surface area (Å²) in [6.45, 7) is 11.5. The number of rotatable bonds is 7. The van der Waals surface area contributed by atoms with Gasteiger partial charge in [-0.25, -0.2) is 0 Å². The molecule has 3 aliphatic rings. The van der Waals surface area contributed by atoms with E-state index in [0.717, 1.165) is 36.2 Å². The van der Waals surface area contributed by atoms with Gasteiger partial charge in [-0.2, -0.15) is 5.26 Å². The van der Waals surface area contributed by atoms with Crippen molar-refractivity contribution in [1.82, 2.24) is 9.80 Å². The molecule has 0 radical (unpaired) electrons. The van der Waals surface area contributed by atoms with Crippen LogP contribution in [0.5, 0.6) is 5.75 Å². The Morgan fingerprint density at radius 2 is 1.88 bits per heavy atom. The molecule has 2 heterocycles. The summed E-state index contributed by atoms with van der Waals surface area (Å²) in [7, 11) is 0. The largest absolute Gasteiger partial charge is 0.489 e. The summed E-state index contributed by atoms with van der Waals surface area (Å²) in [5.41, 5.74) is 2.41. The Kier molecular flexibility index (Phi) is 7.33. The van der Waals surface area contributed by atoms with E-state index in [4.69, 9.17) is 26.7 Å². The van der Waals surface area contributed by atoms with Gasteiger partial charge in [0.15, 0.2) is 0 Å². The van der Waals surface area contributed by atoms with Crippen molar-refractivity contribution in [2.24, 2.45) is 16.7 Å². The number of hydrogen-bond acceptors (Lipinski definition) is 5. The molecular formula is C32H34ClN3O4. The number of carboxylic acid groups (broad SMARTS) is 1. The van der Waals surface area contributed by atoms with E-state index < -0.39 is 5.97 Å². The molecule has 0 spiro atoms. The number of aliphatic carboxylic acids is 1. The summed E-state index contributed by atoms with van der Waals surface area (Å²) in [6, 6.07) is 13.0. The van der Waals surface area contributed by atoms with Crippen molar-refractivity contribution in [1.29, 1.82) is 5.26 Å². The van der Waals surface area contributed by atoms with Gasteiger partial charge in [-0.05, 0) is 41.8 Å². The molecule has 1 amide bonds. The molecule has 5 rings (SSSR count). The van der Waals surface area contributed by atoms with Crippen molar-refractivity contribution in [3.8, 4) is 23.7 Å². The highest BCUT2D eigenvalue weighted by molar-refractivity contribution is 6.31. The summed E-state index contributed by atoms with van der Waals surface area (Å²) in [4.78, 5) is 28.4. The molecule has 40 heavy (non-hydrogen) atoms. The Morgan fingerprint density at radius 3 is 2.52 bits per heavy atom. The molecule has 2 aromatic rings. The minimum absolute atomic E-state index is 0.0315. The first-order valence-corrected chi connectivity index (χ1v) is 14.0. The van der Waals surface area contributed by atoms with Gasteiger partial charge < -0.3 is 19.6 Å². The van der Waals surface area contributed by atoms with E-state index in [1.165, 1.54) is 0 Å². The number of amides is 1. The van der Waals surface area contributed by atoms with Crippen LogP contribution in [0.3, 0.4) is 0 Å². The fourth-order valence-corrected chi connectivity index (χ4v) is 7.39. The molecule has 0 aromatic heterocycles. The molecule has 7 nitrogen and oxygen atoms in total. The number of ether oxygens (including phenoxy) is 1. The van der Waals surface area contributed by atoms with Crippen LogP contribution in [0.25, 0.3) is 0 Å². The molecule has 1 saturated heterocycles. The lowest BCUT2D eigenvalue weighted by Crippen LogP contribution is -2.74. The van der Waals surface area contributed by atoms with Crippen molar-refractivity contribution < 1.29 is 19.4 Å². The van der Waals surface area contributed by atoms with Crippen LogP contribution in [0.2, 0.25) is 5.02 Å². The molecule has 0 bridgehead atoms. The number of carbonyl (C=O) groups is 2. The van der Waals surface area contributed by atoms with Gasteiger partial charge in [0.2, 0.25) is 0 Å². The number of carbonyl (C=O) groups excluding carboxylic acids is 1. The number of nitrogens with zero attached hydrogens (tertiary/aromatic N) is 3. The minimum atomic E-state index is -0.761. The maximum absolute atomic E-state index is 13.5. The van der Waals surface area contributed by atoms with Gasteiger partial charge in [0, 0.05) is 66.7 Å². The van der Waals surface area contributed by atoms with Gasteiger partial charge in [0.1, 0.15) is 17.9 Å². The van der Waals surface area contributed by atoms with Gasteiger partial charge in [0.05, 0.1) is 17.0 Å². The lowest BCUT2D eigenvalue weighted by atomic mass is 9.49. The fraction of sp³-hybridized carbons (Fsp3) is 0.469. The Hall–Kier alpha value is -3.52. The second-order valence-corrected chi connectivity index (χ2v) is 12.8. The Labute approximate surface area is 240 Å². The van der Waals surface area contributed by atoms with Crippen LogP contribution in [-0.2, 0) is 11.3 Å². The van der Waals surface area contributed by atoms with Crippen molar-refractivity contribution in [2.45, 2.75) is 59.2 Å². The SMILES string of the molecule is CC1(C)C(Oc2ccc(C#N)c(Cl)c2)C(C)(C)C1N1Cc2cc(C#CCC3CN(CCC(=O)O)C3)ccc2C1=O. The lowest BCUT2D eigenvalue weighted by molar-refractivity contribution is -0.199. The van der Waals surface area contributed by atoms with E-state index in [9.17, 15) is 9.59 Å². The summed E-state index contributed by atoms with van der Waals surface area (Å²) < 4.78 is 6.41. The fourth-order valence-electron chi connectivity index (χ4n) is 7.18. The predicted molar refractivity (Wildman–Crippen MR) is 152 cm³/mol. The van der Waals surface area contributed by atoms with E-state index in [1.807, 2.05) is 23.1 Å². The van der Waals surface area contributed by atoms with Crippen LogP contribution in [0.4, 0.5) is 0 Å². The monoisotopic (exact) mass is 559 g/mol. The van der Waals surface area contributed by atoms with Crippen LogP contribution in [0.1, 0.15) is 67.6 Å². The number of fused-ring (bicyclic) bond motifs is 1. The van der Waals surface area contributed by atoms with Gasteiger partial charge in [-0.15, -0.1) is 0 Å². The number of likely N-dealkylation sites (tertiary alicyclic amines) is 1. The molecule has 0 unspecified atom stereocenters. The zero-order chi connectivity index (χ0) is 28.8. The van der Waals surface area contributed by atoms with E-state index in [0.29, 0.717) is 35.3 Å². The molecular weight excluding hydrogens is 526 g/mol. The molecule has 208 valence electrons. The molecule has 0 atom stereocenters. The zero-order valence-electron chi connectivity index (χ0n) is 23.3. The van der Waals surface area contributed by atoms with Crippen LogP contribution >= 0.6 is 11.6 Å². The summed E-state index contributed by atoms with van der Waals surface area (Å²) in [5.74, 6) is 6.91. The van der Waals surface area contributed by atoms with E-state index >= 15 is 0 Å². The van der Waals surface area contributed by atoms with Gasteiger partial charge in [-0.1, -0.05) is 51.1 Å². The molecule has 2 fully saturated rings. The Morgan fingerprint density at radius 1 is 1.15 bits per heavy atom. The first-order valence-electron chi connectivity index (χ1n) is 13.6. The maximum Gasteiger partial charge on any atom is 0.304 e. The van der Waals surface area contributed by atoms with Gasteiger partial charge in [0.25, 0.3) is 5.91 Å². The third-order valence-electron chi connectivity index (χ3n) is 8.62. The molecule has 1 aliphatic carbocycles. The van der Waals surface area contributed by atoms with Gasteiger partial charge in [-0.3, -0.25) is 9.59 Å². The summed E-state index contributed by atoms with van der Waals surface area (Å²) in [5, 5.41) is 18.3. The van der Waals surface area contributed by atoms with Crippen molar-refractivity contribution in [3.63, 3.8) is 0 Å². The van der Waals surface area contributed by atoms with Crippen LogP contribution < -0.4 is 4.74 Å². The Bertz CT molecular complexity index is 1440. The number of carboxylic acids is 1. The van der Waals surface area contributed by atoms with Crippen molar-refractivity contribution in [2.75, 3.05) is 19.6 Å². The van der Waals surface area contributed by atoms with E-state index in [1.54, 1.807) is 18.2 Å². The number of nitriles is 1. The smallest absolute Gasteiger partial charge is 0.304 e. The lowest BCUT2D eigenvalue weighted by Gasteiger charge is -2.65. The van der Waals surface area contributed by atoms with E-state index in [2.05, 4.69) is 50.5 Å². The predicted octanol–water partition coefficient (Wildman–Crippen LogP) is 5.20. The van der Waals surface area contributed by atoms with Crippen molar-refractivity contribution in [3.05, 3.63) is 63.7 Å². The van der Waals surface area contributed by atoms with Crippen molar-refractivity contribution >= 4 is 23.5 Å². The third-order valence-corrected chi connectivity index (χ3v) is 8.94. The number of halogens is 1. The Balaban J connectivity index is 1.23. The van der Waals surface area contributed by atoms with Gasteiger partial charge >= 0.3 is 5.97 Å². The van der Waals surface area contributed by atoms with Crippen LogP contribution in [0.15, 0.2) is 36.4 Å². The molecule has 2 aromatic carbocycles. The highest BCUT2D eigenvalue weighted by Crippen LogP contribution is 2.59. The second kappa shape index (κ2) is 10.5. The average molecular weight is 560 g/mol. The third kappa shape index (κ3) is 5.05. The first kappa shape index (κ1) is 28.0. The normalized spacial score (nSPS) is 22.8. The molecule has 2 aliphatic heterocycles. The van der Waals surface area contributed by atoms with Crippen LogP contribution in [-0.4, -0.2) is 58.6 Å². The quantitative estimate of drug-likeness (QED) is 0.469. The average Bonchev–Trinajstić information content (AvgIpc) is 3.17. The molecule has 1 saturated carbocycles. The summed E-state index contributed by atoms with van der Waals surface area (Å²) >= 11 is 6.23.